The van der Waals surface area contributed by atoms with Gasteiger partial charge in [0.05, 0.1) is 18.1 Å². The number of hydrogen-bond acceptors (Lipinski definition) is 4. The molecule has 1 aromatic heterocycles. The predicted molar refractivity (Wildman–Crippen MR) is 51.4 cm³/mol. The van der Waals surface area contributed by atoms with E-state index in [1.165, 1.54) is 6.33 Å². The smallest absolute Gasteiger partial charge is 0.127 e. The Bertz CT molecular complexity index is 228. The standard InChI is InChI=1S/C9H15N3O/c1-3-4-9(13-2)12-8-5-10-7-11-6-8/h5-7,9,12H,3-4H2,1-2H3. The zero-order valence-corrected chi connectivity index (χ0v) is 8.03. The average Bonchev–Trinajstić information content (AvgIpc) is 2.19. The summed E-state index contributed by atoms with van der Waals surface area (Å²) in [5, 5.41) is 3.18. The minimum atomic E-state index is 0.0519. The summed E-state index contributed by atoms with van der Waals surface area (Å²) in [7, 11) is 1.69. The lowest BCUT2D eigenvalue weighted by Crippen LogP contribution is -2.21. The molecular weight excluding hydrogens is 166 g/mol. The second-order valence-corrected chi connectivity index (χ2v) is 2.78. The second-order valence-electron chi connectivity index (χ2n) is 2.78. The van der Waals surface area contributed by atoms with E-state index >= 15 is 0 Å². The number of hydrogen-bond donors (Lipinski definition) is 1. The largest absolute Gasteiger partial charge is 0.362 e. The molecule has 0 bridgehead atoms. The van der Waals surface area contributed by atoms with Gasteiger partial charge in [-0.2, -0.15) is 0 Å². The van der Waals surface area contributed by atoms with Crippen molar-refractivity contribution < 1.29 is 4.74 Å². The van der Waals surface area contributed by atoms with Crippen LogP contribution >= 0.6 is 0 Å². The van der Waals surface area contributed by atoms with E-state index < -0.39 is 0 Å². The molecule has 4 heteroatoms. The Labute approximate surface area is 78.4 Å². The van der Waals surface area contributed by atoms with Gasteiger partial charge in [-0.1, -0.05) is 13.3 Å². The summed E-state index contributed by atoms with van der Waals surface area (Å²) < 4.78 is 5.23. The van der Waals surface area contributed by atoms with Crippen molar-refractivity contribution in [2.75, 3.05) is 12.4 Å². The number of methoxy groups -OCH3 is 1. The first-order chi connectivity index (χ1) is 6.36. The molecule has 1 heterocycles. The van der Waals surface area contributed by atoms with Crippen LogP contribution in [-0.2, 0) is 4.74 Å². The normalized spacial score (nSPS) is 12.5. The molecule has 13 heavy (non-hydrogen) atoms. The fourth-order valence-electron chi connectivity index (χ4n) is 1.07. The number of ether oxygens (including phenoxy) is 1. The van der Waals surface area contributed by atoms with Crippen molar-refractivity contribution in [1.29, 1.82) is 0 Å². The fourth-order valence-corrected chi connectivity index (χ4v) is 1.07. The average molecular weight is 181 g/mol. The molecule has 1 aromatic rings. The molecule has 1 unspecified atom stereocenters. The van der Waals surface area contributed by atoms with Gasteiger partial charge in [0.15, 0.2) is 0 Å². The Balaban J connectivity index is 2.46. The molecule has 0 fully saturated rings. The zero-order chi connectivity index (χ0) is 9.52. The van der Waals surface area contributed by atoms with E-state index in [-0.39, 0.29) is 6.23 Å². The summed E-state index contributed by atoms with van der Waals surface area (Å²) in [5.41, 5.74) is 0.891. The molecule has 0 radical (unpaired) electrons. The Hall–Kier alpha value is -1.16. The fraction of sp³-hybridized carbons (Fsp3) is 0.556. The highest BCUT2D eigenvalue weighted by Crippen LogP contribution is 2.07. The number of aromatic nitrogens is 2. The van der Waals surface area contributed by atoms with E-state index in [4.69, 9.17) is 4.74 Å². The van der Waals surface area contributed by atoms with Crippen LogP contribution in [0.25, 0.3) is 0 Å². The van der Waals surface area contributed by atoms with E-state index in [0.29, 0.717) is 0 Å². The van der Waals surface area contributed by atoms with Crippen molar-refractivity contribution in [3.05, 3.63) is 18.7 Å². The molecule has 0 aliphatic rings. The third kappa shape index (κ3) is 3.38. The van der Waals surface area contributed by atoms with Crippen LogP contribution in [-0.4, -0.2) is 23.3 Å². The van der Waals surface area contributed by atoms with Gasteiger partial charge in [-0.05, 0) is 6.42 Å². The lowest BCUT2D eigenvalue weighted by molar-refractivity contribution is 0.117. The molecule has 0 aliphatic carbocycles. The molecule has 72 valence electrons. The van der Waals surface area contributed by atoms with Crippen molar-refractivity contribution in [1.82, 2.24) is 9.97 Å². The predicted octanol–water partition coefficient (Wildman–Crippen LogP) is 1.66. The highest BCUT2D eigenvalue weighted by molar-refractivity contribution is 5.37. The summed E-state index contributed by atoms with van der Waals surface area (Å²) in [6.45, 7) is 2.12. The summed E-state index contributed by atoms with van der Waals surface area (Å²) in [5.74, 6) is 0. The van der Waals surface area contributed by atoms with Crippen LogP contribution in [0.4, 0.5) is 5.69 Å². The van der Waals surface area contributed by atoms with E-state index in [9.17, 15) is 0 Å². The number of nitrogens with one attached hydrogen (secondary N) is 1. The first-order valence-corrected chi connectivity index (χ1v) is 4.41. The topological polar surface area (TPSA) is 47.0 Å². The van der Waals surface area contributed by atoms with Crippen molar-refractivity contribution >= 4 is 5.69 Å². The number of rotatable bonds is 5. The van der Waals surface area contributed by atoms with Gasteiger partial charge in [0.1, 0.15) is 12.6 Å². The zero-order valence-electron chi connectivity index (χ0n) is 8.03. The van der Waals surface area contributed by atoms with Crippen LogP contribution < -0.4 is 5.32 Å². The summed E-state index contributed by atoms with van der Waals surface area (Å²) in [6, 6.07) is 0. The molecule has 1 atom stereocenters. The Kier molecular flexibility index (Phi) is 4.18. The van der Waals surface area contributed by atoms with Crippen LogP contribution in [0.5, 0.6) is 0 Å². The highest BCUT2D eigenvalue weighted by Gasteiger charge is 2.04. The lowest BCUT2D eigenvalue weighted by atomic mass is 10.3. The van der Waals surface area contributed by atoms with Gasteiger partial charge in [0.2, 0.25) is 0 Å². The van der Waals surface area contributed by atoms with Crippen LogP contribution in [0.1, 0.15) is 19.8 Å². The molecule has 0 spiro atoms. The monoisotopic (exact) mass is 181 g/mol. The van der Waals surface area contributed by atoms with Gasteiger partial charge in [-0.3, -0.25) is 0 Å². The Morgan fingerprint density at radius 1 is 1.46 bits per heavy atom. The number of nitrogens with zero attached hydrogens (tertiary/aromatic N) is 2. The third-order valence-electron chi connectivity index (χ3n) is 1.72. The summed E-state index contributed by atoms with van der Waals surface area (Å²) >= 11 is 0. The van der Waals surface area contributed by atoms with Crippen LogP contribution in [0, 0.1) is 0 Å². The molecule has 0 saturated carbocycles. The van der Waals surface area contributed by atoms with Crippen molar-refractivity contribution in [2.45, 2.75) is 26.0 Å². The molecule has 0 amide bonds. The molecule has 1 rings (SSSR count). The van der Waals surface area contributed by atoms with Gasteiger partial charge in [0, 0.05) is 7.11 Å². The molecular formula is C9H15N3O. The van der Waals surface area contributed by atoms with E-state index in [1.54, 1.807) is 19.5 Å². The van der Waals surface area contributed by atoms with Gasteiger partial charge < -0.3 is 10.1 Å². The van der Waals surface area contributed by atoms with Crippen LogP contribution in [0.3, 0.4) is 0 Å². The van der Waals surface area contributed by atoms with E-state index in [0.717, 1.165) is 18.5 Å². The molecule has 0 aromatic carbocycles. The minimum Gasteiger partial charge on any atom is -0.362 e. The van der Waals surface area contributed by atoms with Gasteiger partial charge >= 0.3 is 0 Å². The van der Waals surface area contributed by atoms with Crippen LogP contribution in [0.2, 0.25) is 0 Å². The third-order valence-corrected chi connectivity index (χ3v) is 1.72. The minimum absolute atomic E-state index is 0.0519. The first kappa shape index (κ1) is 9.92. The molecule has 4 nitrogen and oxygen atoms in total. The maximum Gasteiger partial charge on any atom is 0.127 e. The Morgan fingerprint density at radius 3 is 2.69 bits per heavy atom. The summed E-state index contributed by atoms with van der Waals surface area (Å²) in [4.78, 5) is 7.81. The van der Waals surface area contributed by atoms with Gasteiger partial charge in [-0.15, -0.1) is 0 Å². The maximum atomic E-state index is 5.23. The van der Waals surface area contributed by atoms with Gasteiger partial charge in [0.25, 0.3) is 0 Å². The second kappa shape index (κ2) is 5.48. The van der Waals surface area contributed by atoms with Crippen molar-refractivity contribution in [2.24, 2.45) is 0 Å². The molecule has 0 saturated heterocycles. The molecule has 0 aliphatic heterocycles. The van der Waals surface area contributed by atoms with E-state index in [1.807, 2.05) is 0 Å². The van der Waals surface area contributed by atoms with Crippen molar-refractivity contribution in [3.8, 4) is 0 Å². The summed E-state index contributed by atoms with van der Waals surface area (Å²) in [6.07, 6.45) is 7.08. The molecule has 1 N–H and O–H groups in total. The SMILES string of the molecule is CCCC(Nc1cncnc1)OC. The highest BCUT2D eigenvalue weighted by atomic mass is 16.5. The van der Waals surface area contributed by atoms with Gasteiger partial charge in [-0.25, -0.2) is 9.97 Å². The van der Waals surface area contributed by atoms with Crippen molar-refractivity contribution in [3.63, 3.8) is 0 Å². The van der Waals surface area contributed by atoms with Crippen LogP contribution in [0.15, 0.2) is 18.7 Å². The lowest BCUT2D eigenvalue weighted by Gasteiger charge is -2.16. The maximum absolute atomic E-state index is 5.23. The van der Waals surface area contributed by atoms with E-state index in [2.05, 4.69) is 22.2 Å². The quantitative estimate of drug-likeness (QED) is 0.702. The first-order valence-electron chi connectivity index (χ1n) is 4.41. The number of anilines is 1. The Morgan fingerprint density at radius 2 is 2.15 bits per heavy atom.